The van der Waals surface area contributed by atoms with Crippen LogP contribution >= 0.6 is 0 Å². The van der Waals surface area contributed by atoms with Crippen molar-refractivity contribution in [3.63, 3.8) is 0 Å². The number of carbonyl (C=O) groups is 3. The lowest BCUT2D eigenvalue weighted by Gasteiger charge is -2.16. The van der Waals surface area contributed by atoms with Crippen molar-refractivity contribution in [3.8, 4) is 0 Å². The number of likely N-dealkylation sites (tertiary alicyclic amines) is 1. The summed E-state index contributed by atoms with van der Waals surface area (Å²) in [6, 6.07) is 5.11. The Labute approximate surface area is 138 Å². The van der Waals surface area contributed by atoms with Gasteiger partial charge in [-0.05, 0) is 31.0 Å². The third kappa shape index (κ3) is 4.94. The molecular formula is C16H20FN3O4. The first-order valence-corrected chi connectivity index (χ1v) is 7.76. The fraction of sp³-hybridized carbons (Fsp3) is 0.438. The van der Waals surface area contributed by atoms with E-state index in [1.165, 1.54) is 23.1 Å². The highest BCUT2D eigenvalue weighted by Gasteiger charge is 2.30. The van der Waals surface area contributed by atoms with Crippen LogP contribution in [0.3, 0.4) is 0 Å². The number of nitrogens with zero attached hydrogens (tertiary/aromatic N) is 1. The third-order valence-corrected chi connectivity index (χ3v) is 3.83. The van der Waals surface area contributed by atoms with Crippen molar-refractivity contribution in [3.05, 3.63) is 35.6 Å². The molecule has 1 aliphatic rings. The zero-order chi connectivity index (χ0) is 17.5. The number of carbonyl (C=O) groups excluding carboxylic acids is 2. The van der Waals surface area contributed by atoms with Crippen LogP contribution in [0.15, 0.2) is 24.3 Å². The van der Waals surface area contributed by atoms with Crippen LogP contribution in [0.2, 0.25) is 0 Å². The average Bonchev–Trinajstić information content (AvgIpc) is 3.04. The van der Waals surface area contributed by atoms with E-state index in [0.29, 0.717) is 32.5 Å². The molecule has 1 aromatic rings. The summed E-state index contributed by atoms with van der Waals surface area (Å²) in [6.07, 6.45) is 0.982. The fourth-order valence-electron chi connectivity index (χ4n) is 2.48. The van der Waals surface area contributed by atoms with Crippen molar-refractivity contribution in [1.29, 1.82) is 0 Å². The number of amides is 3. The molecule has 0 aliphatic carbocycles. The van der Waals surface area contributed by atoms with Crippen LogP contribution in [0.4, 0.5) is 9.18 Å². The molecule has 2 rings (SSSR count). The predicted molar refractivity (Wildman–Crippen MR) is 84.1 cm³/mol. The van der Waals surface area contributed by atoms with Crippen LogP contribution in [-0.4, -0.2) is 54.1 Å². The van der Waals surface area contributed by atoms with Gasteiger partial charge in [0.05, 0.1) is 5.92 Å². The molecule has 1 saturated heterocycles. The molecule has 0 bridgehead atoms. The monoisotopic (exact) mass is 337 g/mol. The molecule has 0 radical (unpaired) electrons. The summed E-state index contributed by atoms with van der Waals surface area (Å²) in [4.78, 5) is 36.0. The normalized spacial score (nSPS) is 16.7. The summed E-state index contributed by atoms with van der Waals surface area (Å²) in [6.45, 7) is 1.35. The second-order valence-corrected chi connectivity index (χ2v) is 5.62. The molecule has 1 fully saturated rings. The highest BCUT2D eigenvalue weighted by atomic mass is 19.1. The van der Waals surface area contributed by atoms with Crippen LogP contribution in [0.1, 0.15) is 23.2 Å². The number of urea groups is 1. The van der Waals surface area contributed by atoms with Gasteiger partial charge >= 0.3 is 12.0 Å². The number of benzene rings is 1. The maximum Gasteiger partial charge on any atom is 0.317 e. The fourth-order valence-corrected chi connectivity index (χ4v) is 2.48. The molecule has 7 nitrogen and oxygen atoms in total. The number of nitrogens with one attached hydrogen (secondary N) is 2. The maximum atomic E-state index is 13.0. The van der Waals surface area contributed by atoms with Crippen molar-refractivity contribution < 1.29 is 23.9 Å². The molecule has 0 spiro atoms. The third-order valence-electron chi connectivity index (χ3n) is 3.83. The minimum Gasteiger partial charge on any atom is -0.481 e. The molecule has 1 aliphatic heterocycles. The minimum atomic E-state index is -0.884. The Morgan fingerprint density at radius 1 is 1.25 bits per heavy atom. The Kier molecular flexibility index (Phi) is 6.11. The summed E-state index contributed by atoms with van der Waals surface area (Å²) in [5.74, 6) is -2.23. The molecule has 0 aromatic heterocycles. The summed E-state index contributed by atoms with van der Waals surface area (Å²) in [7, 11) is 0. The van der Waals surface area contributed by atoms with Gasteiger partial charge in [-0.1, -0.05) is 6.07 Å². The Bertz CT molecular complexity index is 623. The van der Waals surface area contributed by atoms with Gasteiger partial charge in [0.1, 0.15) is 5.82 Å². The van der Waals surface area contributed by atoms with Crippen molar-refractivity contribution in [1.82, 2.24) is 15.5 Å². The van der Waals surface area contributed by atoms with Crippen molar-refractivity contribution in [2.45, 2.75) is 12.8 Å². The van der Waals surface area contributed by atoms with Gasteiger partial charge < -0.3 is 20.6 Å². The van der Waals surface area contributed by atoms with Gasteiger partial charge in [-0.2, -0.15) is 0 Å². The molecule has 1 aromatic carbocycles. The van der Waals surface area contributed by atoms with E-state index in [-0.39, 0.29) is 24.0 Å². The zero-order valence-corrected chi connectivity index (χ0v) is 13.1. The number of halogens is 1. The quantitative estimate of drug-likeness (QED) is 0.676. The lowest BCUT2D eigenvalue weighted by Crippen LogP contribution is -2.40. The number of hydrogen-bond acceptors (Lipinski definition) is 3. The second kappa shape index (κ2) is 8.28. The van der Waals surface area contributed by atoms with E-state index >= 15 is 0 Å². The minimum absolute atomic E-state index is 0.220. The Balaban J connectivity index is 1.62. The average molecular weight is 337 g/mol. The van der Waals surface area contributed by atoms with E-state index < -0.39 is 17.7 Å². The predicted octanol–water partition coefficient (Wildman–Crippen LogP) is 1.06. The Morgan fingerprint density at radius 2 is 2.00 bits per heavy atom. The molecule has 0 saturated carbocycles. The van der Waals surface area contributed by atoms with Crippen LogP contribution in [-0.2, 0) is 4.79 Å². The van der Waals surface area contributed by atoms with E-state index in [0.717, 1.165) is 6.07 Å². The largest absolute Gasteiger partial charge is 0.481 e. The number of carboxylic acid groups (broad SMARTS) is 1. The van der Waals surface area contributed by atoms with Crippen LogP contribution in [0.25, 0.3) is 0 Å². The van der Waals surface area contributed by atoms with E-state index in [2.05, 4.69) is 10.6 Å². The van der Waals surface area contributed by atoms with Crippen LogP contribution in [0, 0.1) is 11.7 Å². The molecule has 3 N–H and O–H groups in total. The van der Waals surface area contributed by atoms with Crippen molar-refractivity contribution in [2.24, 2.45) is 5.92 Å². The van der Waals surface area contributed by atoms with E-state index in [1.807, 2.05) is 0 Å². The maximum absolute atomic E-state index is 13.0. The lowest BCUT2D eigenvalue weighted by atomic mass is 10.1. The molecule has 1 atom stereocenters. The summed E-state index contributed by atoms with van der Waals surface area (Å²) in [5, 5.41) is 14.2. The molecule has 24 heavy (non-hydrogen) atoms. The van der Waals surface area contributed by atoms with E-state index in [4.69, 9.17) is 5.11 Å². The summed E-state index contributed by atoms with van der Waals surface area (Å²) < 4.78 is 13.0. The SMILES string of the molecule is O=C(NCCCNC(=O)N1CCC(C(=O)O)C1)c1cccc(F)c1. The second-order valence-electron chi connectivity index (χ2n) is 5.62. The number of rotatable bonds is 6. The number of carboxylic acids is 1. The first-order valence-electron chi connectivity index (χ1n) is 7.76. The first kappa shape index (κ1) is 17.7. The topological polar surface area (TPSA) is 98.7 Å². The molecule has 8 heteroatoms. The van der Waals surface area contributed by atoms with Gasteiger partial charge in [-0.25, -0.2) is 9.18 Å². The molecule has 3 amide bonds. The van der Waals surface area contributed by atoms with E-state index in [9.17, 15) is 18.8 Å². The Hall–Kier alpha value is -2.64. The highest BCUT2D eigenvalue weighted by Crippen LogP contribution is 2.15. The van der Waals surface area contributed by atoms with E-state index in [1.54, 1.807) is 0 Å². The number of hydrogen-bond donors (Lipinski definition) is 3. The number of aliphatic carboxylic acids is 1. The van der Waals surface area contributed by atoms with Crippen molar-refractivity contribution >= 4 is 17.9 Å². The van der Waals surface area contributed by atoms with Gasteiger partial charge in [0.25, 0.3) is 5.91 Å². The lowest BCUT2D eigenvalue weighted by molar-refractivity contribution is -0.141. The molecule has 1 heterocycles. The van der Waals surface area contributed by atoms with Gasteiger partial charge in [-0.3, -0.25) is 9.59 Å². The standard InChI is InChI=1S/C16H20FN3O4/c17-13-4-1-3-11(9-13)14(21)18-6-2-7-19-16(24)20-8-5-12(10-20)15(22)23/h1,3-4,9,12H,2,5-8,10H2,(H,18,21)(H,19,24)(H,22,23). The van der Waals surface area contributed by atoms with Crippen molar-refractivity contribution in [2.75, 3.05) is 26.2 Å². The van der Waals surface area contributed by atoms with Gasteiger partial charge in [0, 0.05) is 31.7 Å². The van der Waals surface area contributed by atoms with Gasteiger partial charge in [0.2, 0.25) is 0 Å². The first-order chi connectivity index (χ1) is 11.5. The highest BCUT2D eigenvalue weighted by molar-refractivity contribution is 5.94. The molecular weight excluding hydrogens is 317 g/mol. The summed E-state index contributed by atoms with van der Waals surface area (Å²) >= 11 is 0. The van der Waals surface area contributed by atoms with Crippen LogP contribution in [0.5, 0.6) is 0 Å². The van der Waals surface area contributed by atoms with Gasteiger partial charge in [-0.15, -0.1) is 0 Å². The molecule has 1 unspecified atom stereocenters. The Morgan fingerprint density at radius 3 is 2.67 bits per heavy atom. The zero-order valence-electron chi connectivity index (χ0n) is 13.1. The van der Waals surface area contributed by atoms with Gasteiger partial charge in [0.15, 0.2) is 0 Å². The summed E-state index contributed by atoms with van der Waals surface area (Å²) in [5.41, 5.74) is 0.246. The molecule has 130 valence electrons. The smallest absolute Gasteiger partial charge is 0.317 e. The van der Waals surface area contributed by atoms with Crippen LogP contribution < -0.4 is 10.6 Å².